The maximum atomic E-state index is 14.0. The lowest BCUT2D eigenvalue weighted by molar-refractivity contribution is 0.262. The molecule has 0 bridgehead atoms. The van der Waals surface area contributed by atoms with E-state index in [1.165, 1.54) is 16.9 Å². The molecule has 2 aromatic carbocycles. The molecule has 2 heterocycles. The van der Waals surface area contributed by atoms with Gasteiger partial charge in [-0.3, -0.25) is 9.78 Å². The summed E-state index contributed by atoms with van der Waals surface area (Å²) in [4.78, 5) is 28.9. The number of nitrogens with one attached hydrogen (secondary N) is 2. The van der Waals surface area contributed by atoms with Crippen LogP contribution >= 0.6 is 11.6 Å². The van der Waals surface area contributed by atoms with E-state index in [0.717, 1.165) is 28.5 Å². The predicted octanol–water partition coefficient (Wildman–Crippen LogP) is 6.76. The fourth-order valence-corrected chi connectivity index (χ4v) is 3.72. The first kappa shape index (κ1) is 26.6. The minimum atomic E-state index is -0.822. The molecule has 2 amide bonds. The first-order valence-electron chi connectivity index (χ1n) is 11.5. The summed E-state index contributed by atoms with van der Waals surface area (Å²) in [5.74, 6) is -0.794. The second-order valence-electron chi connectivity index (χ2n) is 7.52. The lowest BCUT2D eigenvalue weighted by Crippen LogP contribution is -2.30. The number of carbonyl (C=O) groups excluding carboxylic acids is 1. The molecular weight excluding hydrogens is 481 g/mol. The zero-order valence-corrected chi connectivity index (χ0v) is 21.2. The molecule has 2 N–H and O–H groups in total. The van der Waals surface area contributed by atoms with Crippen molar-refractivity contribution in [3.63, 3.8) is 0 Å². The van der Waals surface area contributed by atoms with E-state index in [1.807, 2.05) is 69.3 Å². The molecule has 0 atom stereocenters. The van der Waals surface area contributed by atoms with E-state index in [-0.39, 0.29) is 16.4 Å². The average molecular weight is 508 g/mol. The van der Waals surface area contributed by atoms with E-state index in [4.69, 9.17) is 11.6 Å². The number of amides is 2. The van der Waals surface area contributed by atoms with Gasteiger partial charge in [-0.1, -0.05) is 67.9 Å². The highest BCUT2D eigenvalue weighted by Gasteiger charge is 2.15. The molecule has 7 nitrogen and oxygen atoms in total. The normalized spacial score (nSPS) is 10.3. The van der Waals surface area contributed by atoms with E-state index in [1.54, 1.807) is 6.92 Å². The summed E-state index contributed by atoms with van der Waals surface area (Å²) < 4.78 is 15.2. The van der Waals surface area contributed by atoms with Crippen LogP contribution < -0.4 is 16.2 Å². The molecule has 0 aliphatic carbocycles. The number of hydrogen-bond donors (Lipinski definition) is 2. The minimum Gasteiger partial charge on any atom is -0.304 e. The lowest BCUT2D eigenvalue weighted by atomic mass is 9.98. The van der Waals surface area contributed by atoms with E-state index in [2.05, 4.69) is 20.7 Å². The SMILES string of the molecule is CC.CCn1nc(-c2cccc(-c3ccccc3C)c2)cc(NC(=O)Nc2c(F)cncc2Cl)c1=O. The van der Waals surface area contributed by atoms with Crippen molar-refractivity contribution in [3.8, 4) is 22.4 Å². The van der Waals surface area contributed by atoms with E-state index >= 15 is 0 Å². The van der Waals surface area contributed by atoms with Gasteiger partial charge < -0.3 is 10.6 Å². The number of anilines is 2. The Bertz CT molecular complexity index is 1420. The van der Waals surface area contributed by atoms with Crippen LogP contribution in [0.25, 0.3) is 22.4 Å². The van der Waals surface area contributed by atoms with Gasteiger partial charge in [-0.2, -0.15) is 5.10 Å². The summed E-state index contributed by atoms with van der Waals surface area (Å²) in [6.45, 7) is 8.11. The molecule has 4 aromatic rings. The topological polar surface area (TPSA) is 88.9 Å². The number of pyridine rings is 1. The fourth-order valence-electron chi connectivity index (χ4n) is 3.53. The van der Waals surface area contributed by atoms with Crippen LogP contribution in [0.3, 0.4) is 0 Å². The third kappa shape index (κ3) is 5.95. The smallest absolute Gasteiger partial charge is 0.304 e. The van der Waals surface area contributed by atoms with Crippen LogP contribution in [0.15, 0.2) is 71.8 Å². The van der Waals surface area contributed by atoms with Crippen LogP contribution in [0, 0.1) is 12.7 Å². The summed E-state index contributed by atoms with van der Waals surface area (Å²) in [7, 11) is 0. The van der Waals surface area contributed by atoms with Crippen molar-refractivity contribution in [2.75, 3.05) is 10.6 Å². The Kier molecular flexibility index (Phi) is 8.91. The molecule has 0 aliphatic rings. The largest absolute Gasteiger partial charge is 0.323 e. The van der Waals surface area contributed by atoms with Crippen LogP contribution in [-0.4, -0.2) is 20.8 Å². The molecular formula is C27H27ClFN5O2. The Hall–Kier alpha value is -4.04. The van der Waals surface area contributed by atoms with Gasteiger partial charge in [-0.05, 0) is 42.7 Å². The predicted molar refractivity (Wildman–Crippen MR) is 143 cm³/mol. The second-order valence-corrected chi connectivity index (χ2v) is 7.92. The van der Waals surface area contributed by atoms with Crippen molar-refractivity contribution in [3.05, 3.63) is 93.7 Å². The van der Waals surface area contributed by atoms with Crippen molar-refractivity contribution in [1.82, 2.24) is 14.8 Å². The maximum Gasteiger partial charge on any atom is 0.323 e. The van der Waals surface area contributed by atoms with Gasteiger partial charge >= 0.3 is 6.03 Å². The number of aryl methyl sites for hydroxylation is 2. The number of hydrogen-bond acceptors (Lipinski definition) is 4. The molecule has 0 spiro atoms. The van der Waals surface area contributed by atoms with E-state index < -0.39 is 17.4 Å². The molecule has 36 heavy (non-hydrogen) atoms. The highest BCUT2D eigenvalue weighted by Crippen LogP contribution is 2.28. The molecule has 0 aliphatic heterocycles. The van der Waals surface area contributed by atoms with Gasteiger partial charge in [0.15, 0.2) is 5.82 Å². The van der Waals surface area contributed by atoms with Gasteiger partial charge in [0.05, 0.1) is 16.9 Å². The minimum absolute atomic E-state index is 0.00349. The number of nitrogens with zero attached hydrogens (tertiary/aromatic N) is 3. The summed E-state index contributed by atoms with van der Waals surface area (Å²) >= 11 is 5.92. The summed E-state index contributed by atoms with van der Waals surface area (Å²) in [6.07, 6.45) is 2.13. The van der Waals surface area contributed by atoms with Gasteiger partial charge in [-0.15, -0.1) is 0 Å². The number of urea groups is 1. The van der Waals surface area contributed by atoms with Crippen molar-refractivity contribution >= 4 is 29.0 Å². The number of aromatic nitrogens is 3. The monoisotopic (exact) mass is 507 g/mol. The molecule has 0 unspecified atom stereocenters. The van der Waals surface area contributed by atoms with E-state index in [9.17, 15) is 14.0 Å². The Labute approximate surface area is 214 Å². The van der Waals surface area contributed by atoms with Gasteiger partial charge in [0, 0.05) is 18.3 Å². The highest BCUT2D eigenvalue weighted by molar-refractivity contribution is 6.33. The number of halogens is 2. The zero-order chi connectivity index (χ0) is 26.2. The third-order valence-electron chi connectivity index (χ3n) is 5.23. The maximum absolute atomic E-state index is 14.0. The molecule has 0 fully saturated rings. The third-order valence-corrected chi connectivity index (χ3v) is 5.52. The molecule has 0 saturated carbocycles. The average Bonchev–Trinajstić information content (AvgIpc) is 2.89. The van der Waals surface area contributed by atoms with Gasteiger partial charge in [-0.25, -0.2) is 13.9 Å². The molecule has 2 aromatic heterocycles. The highest BCUT2D eigenvalue weighted by atomic mass is 35.5. The van der Waals surface area contributed by atoms with Crippen molar-refractivity contribution in [2.45, 2.75) is 34.2 Å². The zero-order valence-electron chi connectivity index (χ0n) is 20.5. The second kappa shape index (κ2) is 12.1. The summed E-state index contributed by atoms with van der Waals surface area (Å²) in [6, 6.07) is 16.5. The fraction of sp³-hybridized carbons (Fsp3) is 0.185. The summed E-state index contributed by atoms with van der Waals surface area (Å²) in [5.41, 5.74) is 3.77. The quantitative estimate of drug-likeness (QED) is 0.312. The Morgan fingerprint density at radius 2 is 1.75 bits per heavy atom. The van der Waals surface area contributed by atoms with Crippen LogP contribution in [0.2, 0.25) is 5.02 Å². The van der Waals surface area contributed by atoms with Gasteiger partial charge in [0.25, 0.3) is 5.56 Å². The first-order chi connectivity index (χ1) is 17.4. The van der Waals surface area contributed by atoms with Crippen LogP contribution in [0.5, 0.6) is 0 Å². The Morgan fingerprint density at radius 1 is 1.03 bits per heavy atom. The summed E-state index contributed by atoms with van der Waals surface area (Å²) in [5, 5.41) is 9.18. The molecule has 9 heteroatoms. The van der Waals surface area contributed by atoms with Crippen LogP contribution in [0.4, 0.5) is 20.6 Å². The van der Waals surface area contributed by atoms with E-state index in [0.29, 0.717) is 12.2 Å². The standard InChI is InChI=1S/C25H21ClFN5O2.C2H6/c1-3-32-24(33)22(29-25(34)30-23-19(26)13-28-14-20(23)27)12-21(31-32)17-9-6-8-16(11-17)18-10-5-4-7-15(18)2;1-2/h4-14H,3H2,1-2H3,(H2,28,29,30,34);1-2H3. The number of carbonyl (C=O) groups is 1. The van der Waals surface area contributed by atoms with Crippen molar-refractivity contribution < 1.29 is 9.18 Å². The van der Waals surface area contributed by atoms with Crippen LogP contribution in [0.1, 0.15) is 26.3 Å². The number of benzene rings is 2. The molecule has 4 rings (SSSR count). The van der Waals surface area contributed by atoms with Gasteiger partial charge in [0.1, 0.15) is 11.4 Å². The van der Waals surface area contributed by atoms with Crippen LogP contribution in [-0.2, 0) is 6.54 Å². The Morgan fingerprint density at radius 3 is 2.44 bits per heavy atom. The number of rotatable bonds is 5. The van der Waals surface area contributed by atoms with Crippen molar-refractivity contribution in [1.29, 1.82) is 0 Å². The molecule has 0 saturated heterocycles. The first-order valence-corrected chi connectivity index (χ1v) is 11.9. The molecule has 0 radical (unpaired) electrons. The van der Waals surface area contributed by atoms with Crippen molar-refractivity contribution in [2.24, 2.45) is 0 Å². The lowest BCUT2D eigenvalue weighted by Gasteiger charge is -2.13. The Balaban J connectivity index is 0.00000176. The van der Waals surface area contributed by atoms with Gasteiger partial charge in [0.2, 0.25) is 0 Å². The molecule has 186 valence electrons.